The van der Waals surface area contributed by atoms with Gasteiger partial charge in [0.25, 0.3) is 0 Å². The Labute approximate surface area is 127 Å². The maximum atomic E-state index is 13.6. The van der Waals surface area contributed by atoms with Gasteiger partial charge in [0.2, 0.25) is 0 Å². The number of rotatable bonds is 3. The Balaban J connectivity index is 1.98. The Morgan fingerprint density at radius 3 is 2.71 bits per heavy atom. The number of halogens is 2. The summed E-state index contributed by atoms with van der Waals surface area (Å²) >= 11 is 5.69. The topological polar surface area (TPSA) is 34.9 Å². The molecule has 5 heteroatoms. The number of hydrogen-bond acceptors (Lipinski definition) is 2. The van der Waals surface area contributed by atoms with Crippen LogP contribution in [0.4, 0.5) is 4.39 Å². The number of aldehydes is 1. The molecule has 1 heterocycles. The van der Waals surface area contributed by atoms with Crippen molar-refractivity contribution in [3.63, 3.8) is 0 Å². The summed E-state index contributed by atoms with van der Waals surface area (Å²) in [6.45, 7) is 0. The van der Waals surface area contributed by atoms with E-state index in [-0.39, 0.29) is 5.02 Å². The van der Waals surface area contributed by atoms with Crippen LogP contribution in [-0.4, -0.2) is 16.1 Å². The van der Waals surface area contributed by atoms with Gasteiger partial charge in [-0.25, -0.2) is 9.07 Å². The first kappa shape index (κ1) is 14.3. The summed E-state index contributed by atoms with van der Waals surface area (Å²) in [5.74, 6) is -0.158. The highest BCUT2D eigenvalue weighted by molar-refractivity contribution is 6.30. The molecule has 1 aromatic carbocycles. The number of carbonyl (C=O) groups is 1. The first-order chi connectivity index (χ1) is 10.2. The number of carbonyl (C=O) groups excluding carboxylic acids is 1. The third-order valence-electron chi connectivity index (χ3n) is 4.06. The van der Waals surface area contributed by atoms with Crippen molar-refractivity contribution in [3.8, 4) is 5.69 Å². The average molecular weight is 307 g/mol. The van der Waals surface area contributed by atoms with Crippen LogP contribution in [0, 0.1) is 5.82 Å². The van der Waals surface area contributed by atoms with Crippen molar-refractivity contribution in [2.75, 3.05) is 0 Å². The SMILES string of the molecule is O=Cc1cn(-c2ccc(Cl)c(F)c2)nc1C1CCCCC1. The molecular formula is C16H16ClFN2O. The normalized spacial score (nSPS) is 16.1. The van der Waals surface area contributed by atoms with Crippen molar-refractivity contribution < 1.29 is 9.18 Å². The molecule has 3 nitrogen and oxygen atoms in total. The zero-order valence-corrected chi connectivity index (χ0v) is 12.3. The van der Waals surface area contributed by atoms with Crippen LogP contribution in [-0.2, 0) is 0 Å². The first-order valence-electron chi connectivity index (χ1n) is 7.19. The quantitative estimate of drug-likeness (QED) is 0.781. The van der Waals surface area contributed by atoms with Gasteiger partial charge in [-0.3, -0.25) is 4.79 Å². The third kappa shape index (κ3) is 2.86. The zero-order chi connectivity index (χ0) is 14.8. The molecule has 0 amide bonds. The lowest BCUT2D eigenvalue weighted by Gasteiger charge is -2.20. The van der Waals surface area contributed by atoms with Gasteiger partial charge in [-0.05, 0) is 25.0 Å². The lowest BCUT2D eigenvalue weighted by Crippen LogP contribution is -2.07. The van der Waals surface area contributed by atoms with E-state index in [4.69, 9.17) is 11.6 Å². The molecule has 3 rings (SSSR count). The second kappa shape index (κ2) is 5.98. The van der Waals surface area contributed by atoms with Crippen LogP contribution in [0.15, 0.2) is 24.4 Å². The summed E-state index contributed by atoms with van der Waals surface area (Å²) < 4.78 is 15.1. The van der Waals surface area contributed by atoms with Crippen molar-refractivity contribution in [2.24, 2.45) is 0 Å². The summed E-state index contributed by atoms with van der Waals surface area (Å²) in [4.78, 5) is 11.3. The fraction of sp³-hybridized carbons (Fsp3) is 0.375. The van der Waals surface area contributed by atoms with Crippen molar-refractivity contribution in [2.45, 2.75) is 38.0 Å². The second-order valence-electron chi connectivity index (χ2n) is 5.47. The van der Waals surface area contributed by atoms with Crippen molar-refractivity contribution in [1.82, 2.24) is 9.78 Å². The molecule has 0 unspecified atom stereocenters. The highest BCUT2D eigenvalue weighted by Crippen LogP contribution is 2.33. The second-order valence-corrected chi connectivity index (χ2v) is 5.87. The molecular weight excluding hydrogens is 291 g/mol. The smallest absolute Gasteiger partial charge is 0.153 e. The maximum absolute atomic E-state index is 13.6. The lowest BCUT2D eigenvalue weighted by atomic mass is 9.86. The van der Waals surface area contributed by atoms with Crippen molar-refractivity contribution >= 4 is 17.9 Å². The Bertz CT molecular complexity index is 662. The summed E-state index contributed by atoms with van der Waals surface area (Å²) in [6, 6.07) is 4.51. The molecule has 0 spiro atoms. The van der Waals surface area contributed by atoms with E-state index >= 15 is 0 Å². The van der Waals surface area contributed by atoms with E-state index in [0.29, 0.717) is 17.2 Å². The fourth-order valence-electron chi connectivity index (χ4n) is 2.94. The first-order valence-corrected chi connectivity index (χ1v) is 7.57. The lowest BCUT2D eigenvalue weighted by molar-refractivity contribution is 0.112. The van der Waals surface area contributed by atoms with Crippen LogP contribution in [0.2, 0.25) is 5.02 Å². The minimum atomic E-state index is -0.489. The molecule has 1 aliphatic rings. The average Bonchev–Trinajstić information content (AvgIpc) is 2.95. The molecule has 110 valence electrons. The van der Waals surface area contributed by atoms with Crippen LogP contribution in [0.1, 0.15) is 54.1 Å². The highest BCUT2D eigenvalue weighted by Gasteiger charge is 2.22. The molecule has 21 heavy (non-hydrogen) atoms. The van der Waals surface area contributed by atoms with Gasteiger partial charge in [0, 0.05) is 18.2 Å². The van der Waals surface area contributed by atoms with Gasteiger partial charge >= 0.3 is 0 Å². The molecule has 1 fully saturated rings. The Morgan fingerprint density at radius 1 is 1.29 bits per heavy atom. The molecule has 1 saturated carbocycles. The van der Waals surface area contributed by atoms with Gasteiger partial charge in [-0.2, -0.15) is 5.10 Å². The van der Waals surface area contributed by atoms with E-state index < -0.39 is 5.82 Å². The molecule has 0 aliphatic heterocycles. The van der Waals surface area contributed by atoms with Crippen LogP contribution in [0.3, 0.4) is 0 Å². The van der Waals surface area contributed by atoms with E-state index in [1.54, 1.807) is 16.9 Å². The molecule has 0 saturated heterocycles. The molecule has 0 radical (unpaired) electrons. The largest absolute Gasteiger partial charge is 0.298 e. The van der Waals surface area contributed by atoms with Gasteiger partial charge in [0.1, 0.15) is 5.82 Å². The summed E-state index contributed by atoms with van der Waals surface area (Å²) in [5, 5.41) is 4.60. The van der Waals surface area contributed by atoms with E-state index in [0.717, 1.165) is 24.8 Å². The predicted molar refractivity (Wildman–Crippen MR) is 79.7 cm³/mol. The summed E-state index contributed by atoms with van der Waals surface area (Å²) in [5.41, 5.74) is 2.00. The monoisotopic (exact) mass is 306 g/mol. The Hall–Kier alpha value is -1.68. The minimum absolute atomic E-state index is 0.0778. The van der Waals surface area contributed by atoms with Crippen molar-refractivity contribution in [3.05, 3.63) is 46.5 Å². The van der Waals surface area contributed by atoms with Gasteiger partial charge in [0.15, 0.2) is 6.29 Å². The maximum Gasteiger partial charge on any atom is 0.153 e. The molecule has 0 atom stereocenters. The molecule has 2 aromatic rings. The molecule has 0 bridgehead atoms. The van der Waals surface area contributed by atoms with Gasteiger partial charge in [0.05, 0.1) is 22.0 Å². The Kier molecular flexibility index (Phi) is 4.06. The fourth-order valence-corrected chi connectivity index (χ4v) is 3.06. The van der Waals surface area contributed by atoms with Crippen LogP contribution in [0.5, 0.6) is 0 Å². The number of hydrogen-bond donors (Lipinski definition) is 0. The predicted octanol–water partition coefficient (Wildman–Crippen LogP) is 4.53. The van der Waals surface area contributed by atoms with E-state index in [2.05, 4.69) is 5.10 Å². The van der Waals surface area contributed by atoms with Crippen LogP contribution >= 0.6 is 11.6 Å². The Morgan fingerprint density at radius 2 is 2.05 bits per heavy atom. The third-order valence-corrected chi connectivity index (χ3v) is 4.37. The van der Waals surface area contributed by atoms with Crippen LogP contribution in [0.25, 0.3) is 5.69 Å². The highest BCUT2D eigenvalue weighted by atomic mass is 35.5. The van der Waals surface area contributed by atoms with Gasteiger partial charge < -0.3 is 0 Å². The standard InChI is InChI=1S/C16H16ClFN2O/c17-14-7-6-13(8-15(14)18)20-9-12(10-21)16(19-20)11-4-2-1-3-5-11/h6-11H,1-5H2. The number of aromatic nitrogens is 2. The van der Waals surface area contributed by atoms with Gasteiger partial charge in [-0.1, -0.05) is 30.9 Å². The van der Waals surface area contributed by atoms with Crippen molar-refractivity contribution in [1.29, 1.82) is 0 Å². The van der Waals surface area contributed by atoms with E-state index in [1.165, 1.54) is 31.4 Å². The molecule has 0 N–H and O–H groups in total. The number of nitrogens with zero attached hydrogens (tertiary/aromatic N) is 2. The minimum Gasteiger partial charge on any atom is -0.298 e. The van der Waals surface area contributed by atoms with Crippen LogP contribution < -0.4 is 0 Å². The zero-order valence-electron chi connectivity index (χ0n) is 11.6. The molecule has 1 aromatic heterocycles. The molecule has 1 aliphatic carbocycles. The summed E-state index contributed by atoms with van der Waals surface area (Å²) in [7, 11) is 0. The number of benzene rings is 1. The van der Waals surface area contributed by atoms with Gasteiger partial charge in [-0.15, -0.1) is 0 Å². The van der Waals surface area contributed by atoms with E-state index in [9.17, 15) is 9.18 Å². The summed E-state index contributed by atoms with van der Waals surface area (Å²) in [6.07, 6.45) is 8.21. The van der Waals surface area contributed by atoms with E-state index in [1.807, 2.05) is 0 Å².